The number of aryl methyl sites for hydroxylation is 1. The Balaban J connectivity index is 2.00. The molecule has 1 atom stereocenters. The van der Waals surface area contributed by atoms with Crippen molar-refractivity contribution in [1.82, 2.24) is 4.98 Å². The van der Waals surface area contributed by atoms with Gasteiger partial charge >= 0.3 is 0 Å². The Labute approximate surface area is 130 Å². The molecular weight excluding hydrogens is 332 g/mol. The summed E-state index contributed by atoms with van der Waals surface area (Å²) in [7, 11) is 0. The van der Waals surface area contributed by atoms with Gasteiger partial charge in [0, 0.05) is 38.3 Å². The highest BCUT2D eigenvalue weighted by Crippen LogP contribution is 2.28. The summed E-state index contributed by atoms with van der Waals surface area (Å²) in [5, 5.41) is 3.25. The van der Waals surface area contributed by atoms with Crippen molar-refractivity contribution in [2.45, 2.75) is 19.4 Å². The molecule has 0 spiro atoms. The van der Waals surface area contributed by atoms with E-state index in [9.17, 15) is 0 Å². The Bertz CT molecular complexity index is 751. The lowest BCUT2D eigenvalue weighted by molar-refractivity contribution is 0.734. The van der Waals surface area contributed by atoms with Crippen LogP contribution in [0.1, 0.15) is 22.2 Å². The Kier molecular flexibility index (Phi) is 3.87. The minimum atomic E-state index is -0.00727. The summed E-state index contributed by atoms with van der Waals surface area (Å²) in [5.41, 5.74) is 9.65. The molecule has 3 rings (SSSR count). The summed E-state index contributed by atoms with van der Waals surface area (Å²) < 4.78 is 1.13. The topological polar surface area (TPSA) is 38.9 Å². The van der Waals surface area contributed by atoms with Crippen molar-refractivity contribution >= 4 is 38.2 Å². The lowest BCUT2D eigenvalue weighted by Crippen LogP contribution is -2.13. The largest absolute Gasteiger partial charge is 0.324 e. The molecule has 1 unspecified atom stereocenters. The molecule has 0 amide bonds. The van der Waals surface area contributed by atoms with E-state index in [-0.39, 0.29) is 6.04 Å². The van der Waals surface area contributed by atoms with Crippen LogP contribution in [0.4, 0.5) is 0 Å². The molecule has 4 heteroatoms. The second-order valence-electron chi connectivity index (χ2n) is 4.91. The van der Waals surface area contributed by atoms with Crippen molar-refractivity contribution in [2.24, 2.45) is 5.73 Å². The number of halogens is 1. The first-order valence-corrected chi connectivity index (χ1v) is 8.15. The maximum Gasteiger partial charge on any atom is 0.0708 e. The second kappa shape index (κ2) is 5.64. The van der Waals surface area contributed by atoms with Crippen LogP contribution in [0.25, 0.3) is 10.9 Å². The number of nitrogens with two attached hydrogens (primary N) is 1. The van der Waals surface area contributed by atoms with E-state index in [0.717, 1.165) is 27.5 Å². The SMILES string of the molecule is Cc1cc(C(N)Cc2cc(Br)cs2)c2ccccc2n1. The quantitative estimate of drug-likeness (QED) is 0.751. The molecule has 2 N–H and O–H groups in total. The normalized spacial score (nSPS) is 12.8. The van der Waals surface area contributed by atoms with E-state index in [1.807, 2.05) is 25.1 Å². The molecular formula is C16H15BrN2S. The number of nitrogens with zero attached hydrogens (tertiary/aromatic N) is 1. The number of thiophene rings is 1. The van der Waals surface area contributed by atoms with Gasteiger partial charge in [-0.1, -0.05) is 18.2 Å². The molecule has 0 bridgehead atoms. The molecule has 20 heavy (non-hydrogen) atoms. The van der Waals surface area contributed by atoms with Crippen molar-refractivity contribution in [3.05, 3.63) is 62.4 Å². The van der Waals surface area contributed by atoms with E-state index in [4.69, 9.17) is 5.73 Å². The minimum absolute atomic E-state index is 0.00727. The Morgan fingerprint density at radius 3 is 2.85 bits per heavy atom. The highest BCUT2D eigenvalue weighted by atomic mass is 79.9. The monoisotopic (exact) mass is 346 g/mol. The lowest BCUT2D eigenvalue weighted by atomic mass is 9.98. The molecule has 0 radical (unpaired) electrons. The molecule has 2 nitrogen and oxygen atoms in total. The maximum atomic E-state index is 6.43. The summed E-state index contributed by atoms with van der Waals surface area (Å²) >= 11 is 5.23. The van der Waals surface area contributed by atoms with Gasteiger partial charge in [0.15, 0.2) is 0 Å². The van der Waals surface area contributed by atoms with Crippen LogP contribution in [0.15, 0.2) is 46.3 Å². The van der Waals surface area contributed by atoms with Crippen LogP contribution in [-0.2, 0) is 6.42 Å². The first kappa shape index (κ1) is 13.7. The predicted octanol–water partition coefficient (Wildman–Crippen LogP) is 4.61. The fraction of sp³-hybridized carbons (Fsp3) is 0.188. The molecule has 102 valence electrons. The highest BCUT2D eigenvalue weighted by molar-refractivity contribution is 9.10. The molecule has 2 aromatic heterocycles. The molecule has 0 aliphatic carbocycles. The van der Waals surface area contributed by atoms with Gasteiger partial charge in [0.2, 0.25) is 0 Å². The summed E-state index contributed by atoms with van der Waals surface area (Å²) in [5.74, 6) is 0. The zero-order valence-electron chi connectivity index (χ0n) is 11.1. The van der Waals surface area contributed by atoms with Gasteiger partial charge in [-0.05, 0) is 46.6 Å². The van der Waals surface area contributed by atoms with Gasteiger partial charge in [0.05, 0.1) is 5.52 Å². The standard InChI is InChI=1S/C16H15BrN2S/c1-10-6-14(13-4-2-3-5-16(13)19-10)15(18)8-12-7-11(17)9-20-12/h2-7,9,15H,8,18H2,1H3. The van der Waals surface area contributed by atoms with E-state index in [0.29, 0.717) is 0 Å². The van der Waals surface area contributed by atoms with Gasteiger partial charge in [0.1, 0.15) is 0 Å². The number of rotatable bonds is 3. The number of hydrogen-bond donors (Lipinski definition) is 1. The number of benzene rings is 1. The third-order valence-corrected chi connectivity index (χ3v) is 5.04. The number of para-hydroxylation sites is 1. The van der Waals surface area contributed by atoms with Crippen LogP contribution in [0.2, 0.25) is 0 Å². The number of fused-ring (bicyclic) bond motifs is 1. The van der Waals surface area contributed by atoms with Crippen LogP contribution in [-0.4, -0.2) is 4.98 Å². The second-order valence-corrected chi connectivity index (χ2v) is 6.82. The van der Waals surface area contributed by atoms with Crippen molar-refractivity contribution in [3.63, 3.8) is 0 Å². The summed E-state index contributed by atoms with van der Waals surface area (Å²) in [6, 6.07) is 12.4. The maximum absolute atomic E-state index is 6.43. The molecule has 0 aliphatic heterocycles. The number of pyridine rings is 1. The first-order chi connectivity index (χ1) is 9.63. The van der Waals surface area contributed by atoms with Gasteiger partial charge in [0.25, 0.3) is 0 Å². The van der Waals surface area contributed by atoms with Gasteiger partial charge in [-0.3, -0.25) is 4.98 Å². The van der Waals surface area contributed by atoms with Crippen molar-refractivity contribution in [2.75, 3.05) is 0 Å². The summed E-state index contributed by atoms with van der Waals surface area (Å²) in [4.78, 5) is 5.86. The third-order valence-electron chi connectivity index (χ3n) is 3.32. The molecule has 2 heterocycles. The fourth-order valence-electron chi connectivity index (χ4n) is 2.43. The molecule has 0 saturated carbocycles. The zero-order valence-corrected chi connectivity index (χ0v) is 13.5. The van der Waals surface area contributed by atoms with Crippen LogP contribution < -0.4 is 5.73 Å². The Hall–Kier alpha value is -1.23. The van der Waals surface area contributed by atoms with E-state index >= 15 is 0 Å². The minimum Gasteiger partial charge on any atom is -0.324 e. The van der Waals surface area contributed by atoms with Gasteiger partial charge < -0.3 is 5.73 Å². The van der Waals surface area contributed by atoms with E-state index in [1.165, 1.54) is 10.4 Å². The average Bonchev–Trinajstić information content (AvgIpc) is 2.83. The lowest BCUT2D eigenvalue weighted by Gasteiger charge is -2.14. The molecule has 0 fully saturated rings. The summed E-state index contributed by atoms with van der Waals surface area (Å²) in [6.45, 7) is 2.02. The highest BCUT2D eigenvalue weighted by Gasteiger charge is 2.13. The molecule has 0 saturated heterocycles. The van der Waals surface area contributed by atoms with E-state index < -0.39 is 0 Å². The van der Waals surface area contributed by atoms with E-state index in [2.05, 4.69) is 44.5 Å². The Morgan fingerprint density at radius 2 is 2.10 bits per heavy atom. The number of aromatic nitrogens is 1. The predicted molar refractivity (Wildman–Crippen MR) is 89.1 cm³/mol. The van der Waals surface area contributed by atoms with Crippen molar-refractivity contribution in [3.8, 4) is 0 Å². The van der Waals surface area contributed by atoms with Gasteiger partial charge in [-0.15, -0.1) is 11.3 Å². The van der Waals surface area contributed by atoms with E-state index in [1.54, 1.807) is 11.3 Å². The van der Waals surface area contributed by atoms with Crippen LogP contribution in [0.5, 0.6) is 0 Å². The van der Waals surface area contributed by atoms with Gasteiger partial charge in [-0.25, -0.2) is 0 Å². The van der Waals surface area contributed by atoms with Crippen molar-refractivity contribution in [1.29, 1.82) is 0 Å². The van der Waals surface area contributed by atoms with Crippen LogP contribution in [0.3, 0.4) is 0 Å². The van der Waals surface area contributed by atoms with Crippen LogP contribution in [0, 0.1) is 6.92 Å². The third kappa shape index (κ3) is 2.77. The first-order valence-electron chi connectivity index (χ1n) is 6.48. The molecule has 0 aliphatic rings. The average molecular weight is 347 g/mol. The van der Waals surface area contributed by atoms with Crippen molar-refractivity contribution < 1.29 is 0 Å². The molecule has 1 aromatic carbocycles. The smallest absolute Gasteiger partial charge is 0.0708 e. The van der Waals surface area contributed by atoms with Gasteiger partial charge in [-0.2, -0.15) is 0 Å². The molecule has 3 aromatic rings. The fourth-order valence-corrected chi connectivity index (χ4v) is 3.95. The zero-order chi connectivity index (χ0) is 14.1. The Morgan fingerprint density at radius 1 is 1.30 bits per heavy atom. The summed E-state index contributed by atoms with van der Waals surface area (Å²) in [6.07, 6.45) is 0.851. The van der Waals surface area contributed by atoms with Crippen LogP contribution >= 0.6 is 27.3 Å². The number of hydrogen-bond acceptors (Lipinski definition) is 3.